The lowest BCUT2D eigenvalue weighted by Crippen LogP contribution is -2.70. The zero-order valence-electron chi connectivity index (χ0n) is 20.1. The van der Waals surface area contributed by atoms with Gasteiger partial charge in [-0.3, -0.25) is 9.69 Å². The summed E-state index contributed by atoms with van der Waals surface area (Å²) in [5, 5.41) is 4.08. The molecule has 1 aliphatic rings. The second-order valence-corrected chi connectivity index (χ2v) is 8.36. The molecule has 5 N–H and O–H groups in total. The van der Waals surface area contributed by atoms with Crippen molar-refractivity contribution in [3.8, 4) is 5.75 Å². The zero-order chi connectivity index (χ0) is 25.5. The van der Waals surface area contributed by atoms with E-state index in [0.29, 0.717) is 11.4 Å². The van der Waals surface area contributed by atoms with Gasteiger partial charge in [-0.15, -0.1) is 0 Å². The Kier molecular flexibility index (Phi) is 8.50. The summed E-state index contributed by atoms with van der Waals surface area (Å²) in [5.74, 6) is 11.0. The maximum absolute atomic E-state index is 13.4. The third kappa shape index (κ3) is 6.40. The van der Waals surface area contributed by atoms with E-state index in [4.69, 9.17) is 16.5 Å². The van der Waals surface area contributed by atoms with E-state index >= 15 is 0 Å². The lowest BCUT2D eigenvalue weighted by atomic mass is 10.1. The van der Waals surface area contributed by atoms with Crippen LogP contribution in [0.4, 0.5) is 15.3 Å². The van der Waals surface area contributed by atoms with Gasteiger partial charge in [0.25, 0.3) is 0 Å². The number of ether oxygens (including phenoxy) is 1. The molecule has 0 aliphatic carbocycles. The normalized spacial score (nSPS) is 16.8. The minimum Gasteiger partial charge on any atom is -0.491 e. The van der Waals surface area contributed by atoms with Crippen LogP contribution in [-0.4, -0.2) is 51.8 Å². The number of benzene rings is 2. The molecular weight excluding hydrogens is 452 g/mol. The highest BCUT2D eigenvalue weighted by Gasteiger charge is 2.43. The summed E-state index contributed by atoms with van der Waals surface area (Å²) in [6.45, 7) is 5.94. The molecule has 0 aromatic heterocycles. The van der Waals surface area contributed by atoms with Crippen LogP contribution in [0.15, 0.2) is 48.5 Å². The molecule has 1 heterocycles. The summed E-state index contributed by atoms with van der Waals surface area (Å²) in [5.41, 5.74) is 2.55. The smallest absolute Gasteiger partial charge is 0.345 e. The van der Waals surface area contributed by atoms with Gasteiger partial charge in [-0.05, 0) is 50.1 Å². The van der Waals surface area contributed by atoms with Gasteiger partial charge in [0.05, 0.1) is 19.1 Å². The second kappa shape index (κ2) is 11.5. The molecule has 1 aliphatic heterocycles. The number of nitrogens with zero attached hydrogens (tertiary/aromatic N) is 3. The van der Waals surface area contributed by atoms with Gasteiger partial charge in [0.1, 0.15) is 5.75 Å². The first-order valence-electron chi connectivity index (χ1n) is 11.4. The van der Waals surface area contributed by atoms with Crippen LogP contribution in [0.25, 0.3) is 0 Å². The lowest BCUT2D eigenvalue weighted by molar-refractivity contribution is -0.144. The topological polar surface area (TPSA) is 143 Å². The molecule has 11 nitrogen and oxygen atoms in total. The molecule has 1 fully saturated rings. The molecule has 0 radical (unpaired) electrons. The summed E-state index contributed by atoms with van der Waals surface area (Å²) in [4.78, 5) is 44.2. The molecule has 2 aromatic carbocycles. The molecule has 11 heteroatoms. The Hall–Kier alpha value is -3.83. The second-order valence-electron chi connectivity index (χ2n) is 8.36. The van der Waals surface area contributed by atoms with Crippen LogP contribution in [0.5, 0.6) is 5.75 Å². The molecule has 1 saturated heterocycles. The minimum absolute atomic E-state index is 0.0782. The molecule has 188 valence electrons. The molecular formula is C24H32N6O5. The van der Waals surface area contributed by atoms with Gasteiger partial charge in [0.2, 0.25) is 6.29 Å². The van der Waals surface area contributed by atoms with Gasteiger partial charge in [0, 0.05) is 12.2 Å². The fraction of sp³-hybridized carbons (Fsp3) is 0.375. The first kappa shape index (κ1) is 25.8. The summed E-state index contributed by atoms with van der Waals surface area (Å²) in [6.07, 6.45) is -0.275. The van der Waals surface area contributed by atoms with Crippen molar-refractivity contribution >= 4 is 23.7 Å². The Labute approximate surface area is 204 Å². The number of nitrogens with one attached hydrogen (secondary N) is 1. The molecule has 2 aromatic rings. The van der Waals surface area contributed by atoms with Gasteiger partial charge in [-0.1, -0.05) is 36.8 Å². The Bertz CT molecular complexity index is 1030. The number of rotatable bonds is 10. The Morgan fingerprint density at radius 1 is 1.09 bits per heavy atom. The van der Waals surface area contributed by atoms with Crippen molar-refractivity contribution < 1.29 is 24.0 Å². The van der Waals surface area contributed by atoms with E-state index in [1.807, 2.05) is 45.0 Å². The molecule has 35 heavy (non-hydrogen) atoms. The van der Waals surface area contributed by atoms with Crippen molar-refractivity contribution in [2.24, 2.45) is 11.7 Å². The predicted molar refractivity (Wildman–Crippen MR) is 129 cm³/mol. The number of hydrazine groups is 1. The van der Waals surface area contributed by atoms with Gasteiger partial charge < -0.3 is 14.9 Å². The van der Waals surface area contributed by atoms with Crippen molar-refractivity contribution in [3.63, 3.8) is 0 Å². The monoisotopic (exact) mass is 484 g/mol. The van der Waals surface area contributed by atoms with E-state index in [-0.39, 0.29) is 25.6 Å². The zero-order valence-corrected chi connectivity index (χ0v) is 20.1. The first-order chi connectivity index (χ1) is 16.7. The molecule has 4 amide bonds. The van der Waals surface area contributed by atoms with Crippen LogP contribution >= 0.6 is 0 Å². The standard InChI is InChI=1S/C24H32N6O5/c1-4-17(3)34-20-11-9-19(10-12-20)27-22-29(15-18-7-5-16(2)6-8-18)23(32)28(24(33)30(22)25)14-13-21(31)35-26/h5-12,17,22,27H,4,13-15,25-26H2,1-3H3/t17-,22?/m1/s1. The van der Waals surface area contributed by atoms with E-state index in [2.05, 4.69) is 10.2 Å². The summed E-state index contributed by atoms with van der Waals surface area (Å²) >= 11 is 0. The predicted octanol–water partition coefficient (Wildman–Crippen LogP) is 2.91. The number of hydrogen-bond donors (Lipinski definition) is 3. The highest BCUT2D eigenvalue weighted by atomic mass is 16.7. The van der Waals surface area contributed by atoms with Gasteiger partial charge in [-0.25, -0.2) is 25.3 Å². The SMILES string of the molecule is CC[C@@H](C)Oc1ccc(NC2N(N)C(=O)N(CCC(=O)ON)C(=O)N2Cc2ccc(C)cc2)cc1. The molecule has 2 atom stereocenters. The van der Waals surface area contributed by atoms with Crippen LogP contribution in [0.3, 0.4) is 0 Å². The Morgan fingerprint density at radius 2 is 1.74 bits per heavy atom. The van der Waals surface area contributed by atoms with E-state index in [1.54, 1.807) is 24.3 Å². The summed E-state index contributed by atoms with van der Waals surface area (Å²) in [7, 11) is 0. The highest BCUT2D eigenvalue weighted by molar-refractivity contribution is 5.96. The fourth-order valence-corrected chi connectivity index (χ4v) is 3.48. The van der Waals surface area contributed by atoms with Crippen LogP contribution in [0.2, 0.25) is 0 Å². The Morgan fingerprint density at radius 3 is 2.34 bits per heavy atom. The van der Waals surface area contributed by atoms with Gasteiger partial charge in [0.15, 0.2) is 0 Å². The molecule has 0 spiro atoms. The van der Waals surface area contributed by atoms with Crippen LogP contribution in [0.1, 0.15) is 37.8 Å². The average Bonchev–Trinajstić information content (AvgIpc) is 2.86. The van der Waals surface area contributed by atoms with Gasteiger partial charge in [-0.2, -0.15) is 5.90 Å². The number of amides is 4. The average molecular weight is 485 g/mol. The summed E-state index contributed by atoms with van der Waals surface area (Å²) < 4.78 is 5.81. The molecule has 1 unspecified atom stereocenters. The van der Waals surface area contributed by atoms with Crippen LogP contribution in [0, 0.1) is 6.92 Å². The van der Waals surface area contributed by atoms with Crippen LogP contribution in [-0.2, 0) is 16.2 Å². The maximum Gasteiger partial charge on any atom is 0.345 e. The largest absolute Gasteiger partial charge is 0.491 e. The lowest BCUT2D eigenvalue weighted by Gasteiger charge is -2.45. The van der Waals surface area contributed by atoms with Crippen molar-refractivity contribution in [1.82, 2.24) is 14.8 Å². The number of nitrogens with two attached hydrogens (primary N) is 2. The maximum atomic E-state index is 13.4. The third-order valence-corrected chi connectivity index (χ3v) is 5.69. The quantitative estimate of drug-likeness (QED) is 0.265. The fourth-order valence-electron chi connectivity index (χ4n) is 3.48. The first-order valence-corrected chi connectivity index (χ1v) is 11.4. The summed E-state index contributed by atoms with van der Waals surface area (Å²) in [6, 6.07) is 13.5. The molecule has 0 bridgehead atoms. The number of urea groups is 2. The number of anilines is 1. The van der Waals surface area contributed by atoms with Crippen molar-refractivity contribution in [2.45, 2.75) is 52.6 Å². The third-order valence-electron chi connectivity index (χ3n) is 5.69. The number of hydrogen-bond acceptors (Lipinski definition) is 8. The van der Waals surface area contributed by atoms with E-state index in [1.165, 1.54) is 4.90 Å². The Balaban J connectivity index is 1.85. The number of imide groups is 1. The molecule has 3 rings (SSSR count). The number of aryl methyl sites for hydroxylation is 1. The van der Waals surface area contributed by atoms with Crippen molar-refractivity contribution in [2.75, 3.05) is 11.9 Å². The van der Waals surface area contributed by atoms with Crippen molar-refractivity contribution in [1.29, 1.82) is 0 Å². The van der Waals surface area contributed by atoms with Crippen molar-refractivity contribution in [3.05, 3.63) is 59.7 Å². The van der Waals surface area contributed by atoms with Gasteiger partial charge >= 0.3 is 18.0 Å². The number of carbonyl (C=O) groups excluding carboxylic acids is 3. The van der Waals surface area contributed by atoms with E-state index < -0.39 is 24.3 Å². The van der Waals surface area contributed by atoms with E-state index in [0.717, 1.165) is 27.5 Å². The highest BCUT2D eigenvalue weighted by Crippen LogP contribution is 2.24. The molecule has 0 saturated carbocycles. The van der Waals surface area contributed by atoms with Crippen LogP contribution < -0.4 is 21.8 Å². The number of carbonyl (C=O) groups is 3. The van der Waals surface area contributed by atoms with E-state index in [9.17, 15) is 14.4 Å². The minimum atomic E-state index is -0.977.